The number of fused-ring (bicyclic) bond motifs is 9. The molecule has 0 aliphatic heterocycles. The second-order valence-corrected chi connectivity index (χ2v) is 17.9. The Balaban J connectivity index is 1.15. The van der Waals surface area contributed by atoms with E-state index in [-0.39, 0.29) is 0 Å². The molecule has 0 saturated carbocycles. The first kappa shape index (κ1) is 39.7. The summed E-state index contributed by atoms with van der Waals surface area (Å²) in [6.45, 7) is 0. The van der Waals surface area contributed by atoms with E-state index < -0.39 is 0 Å². The summed E-state index contributed by atoms with van der Waals surface area (Å²) in [5.41, 5.74) is 13.6. The number of rotatable bonds is 7. The van der Waals surface area contributed by atoms with Gasteiger partial charge in [-0.05, 0) is 91.8 Å². The highest BCUT2D eigenvalue weighted by Gasteiger charge is 2.25. The Morgan fingerprint density at radius 3 is 1.47 bits per heavy atom. The van der Waals surface area contributed by atoms with Crippen molar-refractivity contribution in [2.45, 2.75) is 0 Å². The molecule has 0 amide bonds. The zero-order valence-electron chi connectivity index (χ0n) is 37.9. The first-order chi connectivity index (χ1) is 34.7. The average Bonchev–Trinajstić information content (AvgIpc) is 3.95. The Morgan fingerprint density at radius 1 is 0.257 bits per heavy atom. The molecule has 5 nitrogen and oxygen atoms in total. The minimum atomic E-state index is 0.551. The lowest BCUT2D eigenvalue weighted by molar-refractivity contribution is 0.953. The summed E-state index contributed by atoms with van der Waals surface area (Å²) in [4.78, 5) is 16.4. The fourth-order valence-electron chi connectivity index (χ4n) is 10.8. The molecule has 0 aliphatic carbocycles. The van der Waals surface area contributed by atoms with Crippen LogP contribution in [-0.2, 0) is 0 Å². The standard InChI is InChI=1S/C65H41N5/c1-4-20-42(21-5-1)48-29-14-15-31-50(48)54-41-61(69-59-37-36-44-24-12-13-30-49(44)62(59)56-38-46-27-10-11-28-47(46)39-60(56)69)53(43-22-6-2-7-23-43)40-55(54)64-66-63(45-25-8-3-9-26-45)67-65(68-64)70-57-34-18-16-32-51(57)52-33-17-19-35-58(52)70/h1-41H. The number of hydrogen-bond acceptors (Lipinski definition) is 3. The molecule has 14 rings (SSSR count). The second-order valence-electron chi connectivity index (χ2n) is 17.9. The minimum Gasteiger partial charge on any atom is -0.309 e. The maximum Gasteiger partial charge on any atom is 0.238 e. The van der Waals surface area contributed by atoms with Gasteiger partial charge in [-0.2, -0.15) is 9.97 Å². The van der Waals surface area contributed by atoms with Crippen LogP contribution in [0.2, 0.25) is 0 Å². The first-order valence-electron chi connectivity index (χ1n) is 23.8. The smallest absolute Gasteiger partial charge is 0.238 e. The van der Waals surface area contributed by atoms with E-state index in [2.05, 4.69) is 240 Å². The molecular formula is C65H41N5. The van der Waals surface area contributed by atoms with E-state index in [0.717, 1.165) is 83.0 Å². The van der Waals surface area contributed by atoms with Gasteiger partial charge in [0.05, 0.1) is 27.8 Å². The molecule has 3 aromatic heterocycles. The molecule has 0 radical (unpaired) electrons. The summed E-state index contributed by atoms with van der Waals surface area (Å²) in [7, 11) is 0. The molecule has 0 aliphatic rings. The molecule has 326 valence electrons. The van der Waals surface area contributed by atoms with Crippen molar-refractivity contribution in [2.75, 3.05) is 0 Å². The molecule has 0 saturated heterocycles. The molecule has 70 heavy (non-hydrogen) atoms. The molecule has 0 N–H and O–H groups in total. The van der Waals surface area contributed by atoms with E-state index in [0.29, 0.717) is 17.6 Å². The van der Waals surface area contributed by atoms with E-state index in [1.807, 2.05) is 18.2 Å². The quantitative estimate of drug-likeness (QED) is 0.160. The van der Waals surface area contributed by atoms with Crippen molar-refractivity contribution in [1.82, 2.24) is 24.1 Å². The Hall–Kier alpha value is -9.45. The van der Waals surface area contributed by atoms with Crippen LogP contribution in [0.1, 0.15) is 0 Å². The monoisotopic (exact) mass is 891 g/mol. The van der Waals surface area contributed by atoms with Crippen molar-refractivity contribution >= 4 is 65.2 Å². The first-order valence-corrected chi connectivity index (χ1v) is 23.8. The maximum atomic E-state index is 5.59. The zero-order valence-corrected chi connectivity index (χ0v) is 37.9. The van der Waals surface area contributed by atoms with Crippen molar-refractivity contribution in [3.63, 3.8) is 0 Å². The second kappa shape index (κ2) is 16.1. The molecular weight excluding hydrogens is 851 g/mol. The van der Waals surface area contributed by atoms with Crippen LogP contribution in [0.4, 0.5) is 0 Å². The molecule has 0 spiro atoms. The lowest BCUT2D eigenvalue weighted by atomic mass is 9.88. The Labute approximate surface area is 403 Å². The fraction of sp³-hybridized carbons (Fsp3) is 0. The average molecular weight is 892 g/mol. The van der Waals surface area contributed by atoms with E-state index in [9.17, 15) is 0 Å². The SMILES string of the molecule is c1ccc(-c2nc(-c3cc(-c4ccccc4)c(-n4c5cc6ccccc6cc5c5c6ccccc6ccc54)cc3-c3ccccc3-c3ccccc3)nc(-n3c4ccccc4c4ccccc43)n2)cc1. The van der Waals surface area contributed by atoms with Crippen molar-refractivity contribution in [2.24, 2.45) is 0 Å². The largest absolute Gasteiger partial charge is 0.309 e. The summed E-state index contributed by atoms with van der Waals surface area (Å²) in [5.74, 6) is 1.72. The van der Waals surface area contributed by atoms with Crippen molar-refractivity contribution in [3.05, 3.63) is 249 Å². The topological polar surface area (TPSA) is 48.5 Å². The molecule has 0 atom stereocenters. The summed E-state index contributed by atoms with van der Waals surface area (Å²) in [6.07, 6.45) is 0. The lowest BCUT2D eigenvalue weighted by Crippen LogP contribution is -2.07. The lowest BCUT2D eigenvalue weighted by Gasteiger charge is -2.21. The van der Waals surface area contributed by atoms with Crippen molar-refractivity contribution in [3.8, 4) is 67.8 Å². The van der Waals surface area contributed by atoms with Gasteiger partial charge in [-0.25, -0.2) is 4.98 Å². The summed E-state index contributed by atoms with van der Waals surface area (Å²) in [6, 6.07) is 89.0. The summed E-state index contributed by atoms with van der Waals surface area (Å²) >= 11 is 0. The highest BCUT2D eigenvalue weighted by Crippen LogP contribution is 2.46. The Bertz CT molecular complexity index is 4290. The Kier molecular flexibility index (Phi) is 9.14. The van der Waals surface area contributed by atoms with Gasteiger partial charge in [-0.15, -0.1) is 0 Å². The van der Waals surface area contributed by atoms with Gasteiger partial charge in [0.15, 0.2) is 11.6 Å². The third-order valence-electron chi connectivity index (χ3n) is 14.0. The molecule has 0 fully saturated rings. The summed E-state index contributed by atoms with van der Waals surface area (Å²) < 4.78 is 4.69. The number of benzene rings is 11. The van der Waals surface area contributed by atoms with Crippen LogP contribution in [0.15, 0.2) is 249 Å². The number of hydrogen-bond donors (Lipinski definition) is 0. The van der Waals surface area contributed by atoms with Crippen LogP contribution >= 0.6 is 0 Å². The number of para-hydroxylation sites is 2. The molecule has 3 heterocycles. The fourth-order valence-corrected chi connectivity index (χ4v) is 10.8. The zero-order chi connectivity index (χ0) is 46.1. The van der Waals surface area contributed by atoms with Gasteiger partial charge in [0, 0.05) is 38.2 Å². The molecule has 5 heteroatoms. The van der Waals surface area contributed by atoms with Crippen LogP contribution in [0, 0.1) is 0 Å². The normalized spacial score (nSPS) is 11.7. The van der Waals surface area contributed by atoms with Gasteiger partial charge in [0.1, 0.15) is 0 Å². The molecule has 11 aromatic carbocycles. The van der Waals surface area contributed by atoms with Gasteiger partial charge in [-0.1, -0.05) is 206 Å². The van der Waals surface area contributed by atoms with E-state index in [4.69, 9.17) is 15.0 Å². The van der Waals surface area contributed by atoms with Crippen LogP contribution in [0.5, 0.6) is 0 Å². The van der Waals surface area contributed by atoms with Crippen molar-refractivity contribution in [1.29, 1.82) is 0 Å². The summed E-state index contributed by atoms with van der Waals surface area (Å²) in [5, 5.41) is 9.55. The van der Waals surface area contributed by atoms with Gasteiger partial charge < -0.3 is 4.57 Å². The molecule has 14 aromatic rings. The Morgan fingerprint density at radius 2 is 0.786 bits per heavy atom. The van der Waals surface area contributed by atoms with Gasteiger partial charge >= 0.3 is 0 Å². The number of nitrogens with zero attached hydrogens (tertiary/aromatic N) is 5. The van der Waals surface area contributed by atoms with E-state index in [1.54, 1.807) is 0 Å². The van der Waals surface area contributed by atoms with Crippen LogP contribution in [0.3, 0.4) is 0 Å². The third kappa shape index (κ3) is 6.36. The predicted octanol–water partition coefficient (Wildman–Crippen LogP) is 16.7. The maximum absolute atomic E-state index is 5.59. The van der Waals surface area contributed by atoms with E-state index in [1.165, 1.54) is 32.3 Å². The van der Waals surface area contributed by atoms with Gasteiger partial charge in [0.25, 0.3) is 0 Å². The predicted molar refractivity (Wildman–Crippen MR) is 291 cm³/mol. The van der Waals surface area contributed by atoms with Crippen LogP contribution in [0.25, 0.3) is 133 Å². The third-order valence-corrected chi connectivity index (χ3v) is 14.0. The highest BCUT2D eigenvalue weighted by atomic mass is 15.2. The van der Waals surface area contributed by atoms with Crippen LogP contribution < -0.4 is 0 Å². The highest BCUT2D eigenvalue weighted by molar-refractivity contribution is 6.23. The number of aromatic nitrogens is 5. The van der Waals surface area contributed by atoms with Gasteiger partial charge in [-0.3, -0.25) is 4.57 Å². The minimum absolute atomic E-state index is 0.551. The van der Waals surface area contributed by atoms with Crippen molar-refractivity contribution < 1.29 is 0 Å². The molecule has 0 bridgehead atoms. The van der Waals surface area contributed by atoms with Crippen LogP contribution in [-0.4, -0.2) is 24.1 Å². The van der Waals surface area contributed by atoms with Gasteiger partial charge in [0.2, 0.25) is 5.95 Å². The van der Waals surface area contributed by atoms with E-state index >= 15 is 0 Å². The molecule has 0 unspecified atom stereocenters.